The van der Waals surface area contributed by atoms with Crippen molar-refractivity contribution in [1.82, 2.24) is 4.90 Å². The van der Waals surface area contributed by atoms with Gasteiger partial charge in [-0.05, 0) is 39.0 Å². The molecule has 0 aromatic rings. The third kappa shape index (κ3) is 2.37. The molecular formula is C12H19NO4. The molecule has 0 unspecified atom stereocenters. The van der Waals surface area contributed by atoms with Crippen LogP contribution in [-0.4, -0.2) is 40.8 Å². The molecule has 2 heterocycles. The summed E-state index contributed by atoms with van der Waals surface area (Å²) in [7, 11) is 0. The molecule has 0 spiro atoms. The van der Waals surface area contributed by atoms with Crippen molar-refractivity contribution in [2.75, 3.05) is 13.1 Å². The van der Waals surface area contributed by atoms with Crippen molar-refractivity contribution in [1.29, 1.82) is 0 Å². The Labute approximate surface area is 101 Å². The molecular weight excluding hydrogens is 222 g/mol. The van der Waals surface area contributed by atoms with Gasteiger partial charge in [0.15, 0.2) is 0 Å². The van der Waals surface area contributed by atoms with Crippen molar-refractivity contribution < 1.29 is 19.4 Å². The Morgan fingerprint density at radius 1 is 1.24 bits per heavy atom. The summed E-state index contributed by atoms with van der Waals surface area (Å²) in [5.41, 5.74) is -0.495. The smallest absolute Gasteiger partial charge is 0.410 e. The predicted octanol–water partition coefficient (Wildman–Crippen LogP) is 1.57. The van der Waals surface area contributed by atoms with Crippen LogP contribution in [0.5, 0.6) is 0 Å². The topological polar surface area (TPSA) is 66.8 Å². The van der Waals surface area contributed by atoms with E-state index in [-0.39, 0.29) is 23.8 Å². The second kappa shape index (κ2) is 3.89. The van der Waals surface area contributed by atoms with E-state index in [9.17, 15) is 9.59 Å². The van der Waals surface area contributed by atoms with Gasteiger partial charge in [0.2, 0.25) is 0 Å². The molecule has 3 atom stereocenters. The van der Waals surface area contributed by atoms with Crippen LogP contribution in [0, 0.1) is 17.8 Å². The minimum Gasteiger partial charge on any atom is -0.481 e. The largest absolute Gasteiger partial charge is 0.481 e. The number of hydrogen-bond donors (Lipinski definition) is 1. The molecule has 1 amide bonds. The number of piperidine rings is 2. The monoisotopic (exact) mass is 241 g/mol. The number of carboxylic acids is 1. The number of fused-ring (bicyclic) bond motifs is 2. The van der Waals surface area contributed by atoms with Crippen molar-refractivity contribution in [3.63, 3.8) is 0 Å². The Bertz CT molecular complexity index is 335. The first-order valence-corrected chi connectivity index (χ1v) is 5.98. The van der Waals surface area contributed by atoms with Crippen LogP contribution in [0.25, 0.3) is 0 Å². The van der Waals surface area contributed by atoms with Gasteiger partial charge in [-0.1, -0.05) is 0 Å². The molecule has 1 saturated carbocycles. The van der Waals surface area contributed by atoms with Gasteiger partial charge in [0.25, 0.3) is 0 Å². The van der Waals surface area contributed by atoms with E-state index in [0.29, 0.717) is 13.1 Å². The highest BCUT2D eigenvalue weighted by Gasteiger charge is 2.51. The van der Waals surface area contributed by atoms with Crippen LogP contribution in [0.4, 0.5) is 4.79 Å². The summed E-state index contributed by atoms with van der Waals surface area (Å²) in [5, 5.41) is 9.02. The lowest BCUT2D eigenvalue weighted by atomic mass is 9.62. The number of rotatable bonds is 1. The summed E-state index contributed by atoms with van der Waals surface area (Å²) in [6.45, 7) is 6.52. The van der Waals surface area contributed by atoms with Crippen LogP contribution < -0.4 is 0 Å². The highest BCUT2D eigenvalue weighted by Crippen LogP contribution is 2.45. The molecule has 1 N–H and O–H groups in total. The number of amides is 1. The van der Waals surface area contributed by atoms with Crippen molar-refractivity contribution in [2.45, 2.75) is 32.8 Å². The predicted molar refractivity (Wildman–Crippen MR) is 60.5 cm³/mol. The molecule has 2 saturated heterocycles. The fourth-order valence-corrected chi connectivity index (χ4v) is 2.77. The number of hydrogen-bond acceptors (Lipinski definition) is 3. The van der Waals surface area contributed by atoms with Gasteiger partial charge in [-0.15, -0.1) is 0 Å². The molecule has 0 aromatic carbocycles. The van der Waals surface area contributed by atoms with Gasteiger partial charge in [0.1, 0.15) is 5.60 Å². The number of nitrogens with zero attached hydrogens (tertiary/aromatic N) is 1. The number of carbonyl (C=O) groups is 2. The average Bonchev–Trinajstić information content (AvgIpc) is 2.13. The molecule has 0 radical (unpaired) electrons. The summed E-state index contributed by atoms with van der Waals surface area (Å²) >= 11 is 0. The van der Waals surface area contributed by atoms with Gasteiger partial charge in [-0.25, -0.2) is 4.79 Å². The molecule has 17 heavy (non-hydrogen) atoms. The highest BCUT2D eigenvalue weighted by molar-refractivity contribution is 5.74. The molecule has 1 aliphatic carbocycles. The van der Waals surface area contributed by atoms with Gasteiger partial charge >= 0.3 is 12.1 Å². The summed E-state index contributed by atoms with van der Waals surface area (Å²) in [6, 6.07) is 0. The van der Waals surface area contributed by atoms with Gasteiger partial charge < -0.3 is 14.7 Å². The van der Waals surface area contributed by atoms with E-state index >= 15 is 0 Å². The Kier molecular flexibility index (Phi) is 2.79. The Morgan fingerprint density at radius 3 is 2.18 bits per heavy atom. The SMILES string of the molecule is CC(C)(C)OC(=O)N1C[C@H]2C[C@@H](C1)[C@H]2C(=O)O. The second-order valence-electron chi connectivity index (χ2n) is 6.01. The summed E-state index contributed by atoms with van der Waals surface area (Å²) in [4.78, 5) is 24.4. The minimum absolute atomic E-state index is 0.110. The fourth-order valence-electron chi connectivity index (χ4n) is 2.77. The van der Waals surface area contributed by atoms with Crippen molar-refractivity contribution in [3.8, 4) is 0 Å². The standard InChI is InChI=1S/C12H19NO4/c1-12(2,3)17-11(16)13-5-7-4-8(6-13)9(7)10(14)15/h7-9H,4-6H2,1-3H3,(H,14,15)/t7-,8+,9+. The zero-order chi connectivity index (χ0) is 12.8. The number of ether oxygens (including phenoxy) is 1. The lowest BCUT2D eigenvalue weighted by Crippen LogP contribution is -2.59. The first-order chi connectivity index (χ1) is 7.78. The zero-order valence-electron chi connectivity index (χ0n) is 10.5. The fraction of sp³-hybridized carbons (Fsp3) is 0.833. The molecule has 2 bridgehead atoms. The third-order valence-corrected chi connectivity index (χ3v) is 3.47. The Balaban J connectivity index is 1.92. The van der Waals surface area contributed by atoms with Gasteiger partial charge in [0.05, 0.1) is 5.92 Å². The first kappa shape index (κ1) is 12.2. The number of carbonyl (C=O) groups excluding carboxylic acids is 1. The van der Waals surface area contributed by atoms with Crippen LogP contribution in [0.2, 0.25) is 0 Å². The number of carboxylic acid groups (broad SMARTS) is 1. The Morgan fingerprint density at radius 2 is 1.76 bits per heavy atom. The van der Waals surface area contributed by atoms with Crippen molar-refractivity contribution in [3.05, 3.63) is 0 Å². The molecule has 5 nitrogen and oxygen atoms in total. The maximum Gasteiger partial charge on any atom is 0.410 e. The van der Waals surface area contributed by atoms with Gasteiger partial charge in [0, 0.05) is 13.1 Å². The summed E-state index contributed by atoms with van der Waals surface area (Å²) in [6.07, 6.45) is 0.604. The van der Waals surface area contributed by atoms with E-state index in [4.69, 9.17) is 9.84 Å². The van der Waals surface area contributed by atoms with Crippen LogP contribution in [-0.2, 0) is 9.53 Å². The molecule has 3 aliphatic rings. The molecule has 96 valence electrons. The lowest BCUT2D eigenvalue weighted by molar-refractivity contribution is -0.159. The molecule has 2 aliphatic heterocycles. The maximum absolute atomic E-state index is 11.8. The van der Waals surface area contributed by atoms with Crippen molar-refractivity contribution in [2.24, 2.45) is 17.8 Å². The van der Waals surface area contributed by atoms with Crippen molar-refractivity contribution >= 4 is 12.1 Å². The lowest BCUT2D eigenvalue weighted by Gasteiger charge is -2.51. The van der Waals surface area contributed by atoms with E-state index < -0.39 is 11.6 Å². The zero-order valence-corrected chi connectivity index (χ0v) is 10.5. The average molecular weight is 241 g/mol. The third-order valence-electron chi connectivity index (χ3n) is 3.47. The Hall–Kier alpha value is -1.26. The van der Waals surface area contributed by atoms with Crippen LogP contribution in [0.1, 0.15) is 27.2 Å². The molecule has 3 rings (SSSR count). The van der Waals surface area contributed by atoms with Gasteiger partial charge in [-0.3, -0.25) is 4.79 Å². The number of aliphatic carboxylic acids is 1. The maximum atomic E-state index is 11.8. The van der Waals surface area contributed by atoms with Gasteiger partial charge in [-0.2, -0.15) is 0 Å². The van der Waals surface area contributed by atoms with Crippen LogP contribution >= 0.6 is 0 Å². The highest BCUT2D eigenvalue weighted by atomic mass is 16.6. The van der Waals surface area contributed by atoms with Crippen LogP contribution in [0.15, 0.2) is 0 Å². The van der Waals surface area contributed by atoms with E-state index in [2.05, 4.69) is 0 Å². The van der Waals surface area contributed by atoms with E-state index in [1.54, 1.807) is 4.90 Å². The van der Waals surface area contributed by atoms with Crippen LogP contribution in [0.3, 0.4) is 0 Å². The molecule has 3 fully saturated rings. The second-order valence-corrected chi connectivity index (χ2v) is 6.01. The minimum atomic E-state index is -0.727. The molecule has 0 aromatic heterocycles. The summed E-state index contributed by atoms with van der Waals surface area (Å²) < 4.78 is 5.28. The summed E-state index contributed by atoms with van der Waals surface area (Å²) in [5.74, 6) is -0.763. The first-order valence-electron chi connectivity index (χ1n) is 5.98. The normalized spacial score (nSPS) is 31.7. The van der Waals surface area contributed by atoms with E-state index in [1.807, 2.05) is 20.8 Å². The molecule has 5 heteroatoms. The van der Waals surface area contributed by atoms with E-state index in [1.165, 1.54) is 0 Å². The van der Waals surface area contributed by atoms with E-state index in [0.717, 1.165) is 6.42 Å². The quantitative estimate of drug-likeness (QED) is 0.756.